The monoisotopic (exact) mass is 264 g/mol. The predicted octanol–water partition coefficient (Wildman–Crippen LogP) is 1.54. The second-order valence-corrected chi connectivity index (χ2v) is 4.76. The van der Waals surface area contributed by atoms with Gasteiger partial charge in [0.25, 0.3) is 5.69 Å². The summed E-state index contributed by atoms with van der Waals surface area (Å²) >= 11 is 0. The molecule has 1 aliphatic heterocycles. The smallest absolute Gasteiger partial charge is 0.307 e. The minimum Gasteiger partial charge on any atom is -0.481 e. The highest BCUT2D eigenvalue weighted by Gasteiger charge is 2.27. The summed E-state index contributed by atoms with van der Waals surface area (Å²) in [6.45, 7) is 1.95. The number of para-hydroxylation sites is 1. The fraction of sp³-hybridized carbons (Fsp3) is 0.462. The largest absolute Gasteiger partial charge is 0.481 e. The van der Waals surface area contributed by atoms with Crippen molar-refractivity contribution in [2.45, 2.75) is 12.8 Å². The third-order valence-corrected chi connectivity index (χ3v) is 3.51. The van der Waals surface area contributed by atoms with Crippen LogP contribution in [0, 0.1) is 16.0 Å². The number of benzene rings is 1. The fourth-order valence-electron chi connectivity index (χ4n) is 2.42. The van der Waals surface area contributed by atoms with E-state index in [2.05, 4.69) is 4.90 Å². The van der Waals surface area contributed by atoms with Gasteiger partial charge in [-0.2, -0.15) is 0 Å². The van der Waals surface area contributed by atoms with Crippen LogP contribution in [0.25, 0.3) is 0 Å². The third-order valence-electron chi connectivity index (χ3n) is 3.51. The first-order valence-corrected chi connectivity index (χ1v) is 6.25. The molecule has 0 amide bonds. The quantitative estimate of drug-likeness (QED) is 0.644. The molecule has 102 valence electrons. The standard InChI is InChI=1S/C13H16N2O4/c16-13(17)11-6-8-14(9-11)7-5-10-3-1-2-4-12(10)15(18)19/h1-4,11H,5-9H2,(H,16,17). The molecule has 6 heteroatoms. The zero-order valence-electron chi connectivity index (χ0n) is 10.5. The van der Waals surface area contributed by atoms with Gasteiger partial charge >= 0.3 is 5.97 Å². The molecule has 0 bridgehead atoms. The lowest BCUT2D eigenvalue weighted by molar-refractivity contribution is -0.385. The van der Waals surface area contributed by atoms with Gasteiger partial charge in [0.05, 0.1) is 10.8 Å². The molecule has 0 aliphatic carbocycles. The number of nitro groups is 1. The summed E-state index contributed by atoms with van der Waals surface area (Å²) in [4.78, 5) is 23.4. The Hall–Kier alpha value is -1.95. The Balaban J connectivity index is 1.93. The second-order valence-electron chi connectivity index (χ2n) is 4.76. The van der Waals surface area contributed by atoms with Crippen LogP contribution in [0.3, 0.4) is 0 Å². The lowest BCUT2D eigenvalue weighted by Crippen LogP contribution is -2.25. The van der Waals surface area contributed by atoms with Crippen LogP contribution in [-0.4, -0.2) is 40.5 Å². The number of carboxylic acid groups (broad SMARTS) is 1. The van der Waals surface area contributed by atoms with Crippen molar-refractivity contribution in [3.63, 3.8) is 0 Å². The van der Waals surface area contributed by atoms with Crippen molar-refractivity contribution in [3.8, 4) is 0 Å². The van der Waals surface area contributed by atoms with Crippen LogP contribution >= 0.6 is 0 Å². The number of likely N-dealkylation sites (tertiary alicyclic amines) is 1. The van der Waals surface area contributed by atoms with E-state index in [0.717, 1.165) is 6.54 Å². The Labute approximate surface area is 110 Å². The van der Waals surface area contributed by atoms with Crippen molar-refractivity contribution in [1.29, 1.82) is 0 Å². The molecule has 2 rings (SSSR count). The van der Waals surface area contributed by atoms with E-state index >= 15 is 0 Å². The SMILES string of the molecule is O=C(O)C1CCN(CCc2ccccc2[N+](=O)[O-])C1. The summed E-state index contributed by atoms with van der Waals surface area (Å²) in [5.41, 5.74) is 0.836. The molecule has 1 heterocycles. The van der Waals surface area contributed by atoms with E-state index < -0.39 is 5.97 Å². The van der Waals surface area contributed by atoms with E-state index in [1.165, 1.54) is 6.07 Å². The van der Waals surface area contributed by atoms with Crippen LogP contribution in [0.15, 0.2) is 24.3 Å². The molecular weight excluding hydrogens is 248 g/mol. The first-order valence-electron chi connectivity index (χ1n) is 6.25. The highest BCUT2D eigenvalue weighted by Crippen LogP contribution is 2.20. The molecular formula is C13H16N2O4. The van der Waals surface area contributed by atoms with Gasteiger partial charge in [0.1, 0.15) is 0 Å². The van der Waals surface area contributed by atoms with Gasteiger partial charge in [-0.3, -0.25) is 14.9 Å². The summed E-state index contributed by atoms with van der Waals surface area (Å²) in [5.74, 6) is -1.06. The summed E-state index contributed by atoms with van der Waals surface area (Å²) in [7, 11) is 0. The van der Waals surface area contributed by atoms with Gasteiger partial charge in [-0.05, 0) is 19.4 Å². The van der Waals surface area contributed by atoms with Crippen LogP contribution in [0.2, 0.25) is 0 Å². The van der Waals surface area contributed by atoms with Gasteiger partial charge in [0.15, 0.2) is 0 Å². The zero-order valence-corrected chi connectivity index (χ0v) is 10.5. The van der Waals surface area contributed by atoms with Crippen LogP contribution in [0.5, 0.6) is 0 Å². The van der Waals surface area contributed by atoms with E-state index in [4.69, 9.17) is 5.11 Å². The van der Waals surface area contributed by atoms with E-state index in [9.17, 15) is 14.9 Å². The first-order chi connectivity index (χ1) is 9.08. The number of rotatable bonds is 5. The minimum absolute atomic E-state index is 0.136. The van der Waals surface area contributed by atoms with Gasteiger partial charge in [0, 0.05) is 24.7 Å². The molecule has 19 heavy (non-hydrogen) atoms. The van der Waals surface area contributed by atoms with Gasteiger partial charge in [-0.1, -0.05) is 18.2 Å². The molecule has 0 saturated carbocycles. The predicted molar refractivity (Wildman–Crippen MR) is 69.0 cm³/mol. The van der Waals surface area contributed by atoms with Gasteiger partial charge < -0.3 is 10.0 Å². The van der Waals surface area contributed by atoms with Crippen LogP contribution in [0.1, 0.15) is 12.0 Å². The maximum atomic E-state index is 10.9. The molecule has 1 atom stereocenters. The molecule has 1 saturated heterocycles. The fourth-order valence-corrected chi connectivity index (χ4v) is 2.42. The highest BCUT2D eigenvalue weighted by atomic mass is 16.6. The second kappa shape index (κ2) is 5.79. The van der Waals surface area contributed by atoms with Crippen LogP contribution < -0.4 is 0 Å². The zero-order chi connectivity index (χ0) is 13.8. The Bertz CT molecular complexity index is 489. The number of aliphatic carboxylic acids is 1. The number of carbonyl (C=O) groups is 1. The number of hydrogen-bond acceptors (Lipinski definition) is 4. The average molecular weight is 264 g/mol. The third kappa shape index (κ3) is 3.29. The van der Waals surface area contributed by atoms with Crippen LogP contribution in [-0.2, 0) is 11.2 Å². The van der Waals surface area contributed by atoms with Crippen molar-refractivity contribution >= 4 is 11.7 Å². The molecule has 1 aliphatic rings. The number of carboxylic acids is 1. The van der Waals surface area contributed by atoms with Gasteiger partial charge in [-0.15, -0.1) is 0 Å². The van der Waals surface area contributed by atoms with E-state index in [1.54, 1.807) is 18.2 Å². The van der Waals surface area contributed by atoms with E-state index in [0.29, 0.717) is 31.5 Å². The Morgan fingerprint density at radius 3 is 2.84 bits per heavy atom. The van der Waals surface area contributed by atoms with Crippen molar-refractivity contribution in [3.05, 3.63) is 39.9 Å². The number of nitro benzene ring substituents is 1. The maximum Gasteiger partial charge on any atom is 0.307 e. The number of hydrogen-bond donors (Lipinski definition) is 1. The van der Waals surface area contributed by atoms with Crippen LogP contribution in [0.4, 0.5) is 5.69 Å². The highest BCUT2D eigenvalue weighted by molar-refractivity contribution is 5.70. The molecule has 0 spiro atoms. The van der Waals surface area contributed by atoms with Gasteiger partial charge in [0.2, 0.25) is 0 Å². The maximum absolute atomic E-state index is 10.9. The van der Waals surface area contributed by atoms with Gasteiger partial charge in [-0.25, -0.2) is 0 Å². The lowest BCUT2D eigenvalue weighted by atomic mass is 10.1. The summed E-state index contributed by atoms with van der Waals surface area (Å²) in [5, 5.41) is 19.8. The normalized spacial score (nSPS) is 19.5. The molecule has 0 radical (unpaired) electrons. The van der Waals surface area contributed by atoms with E-state index in [-0.39, 0.29) is 16.5 Å². The molecule has 1 aromatic carbocycles. The summed E-state index contributed by atoms with van der Waals surface area (Å²) in [6, 6.07) is 6.69. The van der Waals surface area contributed by atoms with Crippen molar-refractivity contribution < 1.29 is 14.8 Å². The Kier molecular flexibility index (Phi) is 4.11. The van der Waals surface area contributed by atoms with Crippen molar-refractivity contribution in [2.24, 2.45) is 5.92 Å². The lowest BCUT2D eigenvalue weighted by Gasteiger charge is -2.14. The Morgan fingerprint density at radius 1 is 1.47 bits per heavy atom. The minimum atomic E-state index is -0.756. The summed E-state index contributed by atoms with van der Waals surface area (Å²) < 4.78 is 0. The summed E-state index contributed by atoms with van der Waals surface area (Å²) in [6.07, 6.45) is 1.23. The molecule has 0 aromatic heterocycles. The number of nitrogens with zero attached hydrogens (tertiary/aromatic N) is 2. The Morgan fingerprint density at radius 2 is 2.21 bits per heavy atom. The first kappa shape index (κ1) is 13.5. The molecule has 1 aromatic rings. The van der Waals surface area contributed by atoms with Crippen molar-refractivity contribution in [2.75, 3.05) is 19.6 Å². The molecule has 1 unspecified atom stereocenters. The average Bonchev–Trinajstić information content (AvgIpc) is 2.85. The van der Waals surface area contributed by atoms with Crippen molar-refractivity contribution in [1.82, 2.24) is 4.90 Å². The molecule has 1 N–H and O–H groups in total. The topological polar surface area (TPSA) is 83.7 Å². The molecule has 1 fully saturated rings. The molecule has 6 nitrogen and oxygen atoms in total. The van der Waals surface area contributed by atoms with E-state index in [1.807, 2.05) is 0 Å².